The Hall–Kier alpha value is -1.39. The Morgan fingerprint density at radius 2 is 2.28 bits per heavy atom. The average molecular weight is 244 g/mol. The van der Waals surface area contributed by atoms with Crippen LogP contribution in [-0.4, -0.2) is 41.0 Å². The Balaban J connectivity index is 1.71. The second kappa shape index (κ2) is 5.08. The number of hydrogen-bond donors (Lipinski definition) is 2. The molecular weight excluding hydrogens is 224 g/mol. The van der Waals surface area contributed by atoms with E-state index in [0.717, 1.165) is 36.5 Å². The first-order chi connectivity index (χ1) is 8.83. The third-order valence-corrected chi connectivity index (χ3v) is 3.73. The molecule has 4 nitrogen and oxygen atoms in total. The molecule has 0 radical (unpaired) electrons. The van der Waals surface area contributed by atoms with E-state index >= 15 is 0 Å². The second-order valence-corrected chi connectivity index (χ2v) is 5.12. The van der Waals surface area contributed by atoms with Crippen LogP contribution in [0.25, 0.3) is 11.0 Å². The second-order valence-electron chi connectivity index (χ2n) is 5.12. The molecule has 0 bridgehead atoms. The van der Waals surface area contributed by atoms with Crippen molar-refractivity contribution >= 4 is 11.0 Å². The molecular formula is C14H20N4. The molecule has 96 valence electrons. The summed E-state index contributed by atoms with van der Waals surface area (Å²) in [6.07, 6.45) is 2.55. The lowest BCUT2D eigenvalue weighted by molar-refractivity contribution is 0.192. The number of fused-ring (bicyclic) bond motifs is 1. The van der Waals surface area contributed by atoms with Gasteiger partial charge in [-0.25, -0.2) is 4.98 Å². The number of aromatic nitrogens is 2. The van der Waals surface area contributed by atoms with Crippen LogP contribution in [0.15, 0.2) is 24.3 Å². The maximum Gasteiger partial charge on any atom is 0.121 e. The van der Waals surface area contributed by atoms with Crippen LogP contribution in [0.2, 0.25) is 0 Å². The summed E-state index contributed by atoms with van der Waals surface area (Å²) in [7, 11) is 2.19. The van der Waals surface area contributed by atoms with Crippen LogP contribution in [0.3, 0.4) is 0 Å². The minimum atomic E-state index is 0.631. The molecule has 4 heteroatoms. The molecule has 0 aliphatic carbocycles. The first-order valence-electron chi connectivity index (χ1n) is 6.67. The summed E-state index contributed by atoms with van der Waals surface area (Å²) in [6.45, 7) is 3.15. The van der Waals surface area contributed by atoms with Crippen LogP contribution in [0.5, 0.6) is 0 Å². The highest BCUT2D eigenvalue weighted by atomic mass is 15.2. The van der Waals surface area contributed by atoms with Gasteiger partial charge in [-0.3, -0.25) is 4.90 Å². The van der Waals surface area contributed by atoms with Crippen molar-refractivity contribution in [3.8, 4) is 0 Å². The number of para-hydroxylation sites is 2. The lowest BCUT2D eigenvalue weighted by atomic mass is 10.1. The molecule has 1 aliphatic rings. The standard InChI is InChI=1S/C14H20N4/c1-18(11-5-4-8-15-9-11)10-14-16-12-6-2-3-7-13(12)17-14/h2-3,6-7,11,15H,4-5,8-10H2,1H3,(H,16,17). The van der Waals surface area contributed by atoms with Gasteiger partial charge >= 0.3 is 0 Å². The van der Waals surface area contributed by atoms with Gasteiger partial charge in [0.25, 0.3) is 0 Å². The topological polar surface area (TPSA) is 44.0 Å². The van der Waals surface area contributed by atoms with Crippen molar-refractivity contribution in [2.24, 2.45) is 0 Å². The van der Waals surface area contributed by atoms with E-state index in [1.165, 1.54) is 12.8 Å². The highest BCUT2D eigenvalue weighted by molar-refractivity contribution is 5.74. The van der Waals surface area contributed by atoms with Gasteiger partial charge in [0.2, 0.25) is 0 Å². The van der Waals surface area contributed by atoms with Gasteiger partial charge < -0.3 is 10.3 Å². The fourth-order valence-electron chi connectivity index (χ4n) is 2.66. The summed E-state index contributed by atoms with van der Waals surface area (Å²) in [5.41, 5.74) is 2.19. The van der Waals surface area contributed by atoms with Crippen LogP contribution >= 0.6 is 0 Å². The van der Waals surface area contributed by atoms with Gasteiger partial charge in [0.15, 0.2) is 0 Å². The fraction of sp³-hybridized carbons (Fsp3) is 0.500. The molecule has 0 spiro atoms. The van der Waals surface area contributed by atoms with E-state index in [9.17, 15) is 0 Å². The van der Waals surface area contributed by atoms with Crippen LogP contribution in [0.4, 0.5) is 0 Å². The molecule has 2 aromatic rings. The number of likely N-dealkylation sites (N-methyl/N-ethyl adjacent to an activating group) is 1. The first-order valence-corrected chi connectivity index (χ1v) is 6.67. The Kier molecular flexibility index (Phi) is 3.30. The van der Waals surface area contributed by atoms with Crippen molar-refractivity contribution in [2.45, 2.75) is 25.4 Å². The van der Waals surface area contributed by atoms with Gasteiger partial charge in [-0.2, -0.15) is 0 Å². The van der Waals surface area contributed by atoms with Crippen LogP contribution in [0, 0.1) is 0 Å². The number of H-pyrrole nitrogens is 1. The monoisotopic (exact) mass is 244 g/mol. The predicted octanol–water partition coefficient (Wildman–Crippen LogP) is 1.75. The largest absolute Gasteiger partial charge is 0.341 e. The molecule has 1 aromatic heterocycles. The van der Waals surface area contributed by atoms with Crippen molar-refractivity contribution < 1.29 is 0 Å². The summed E-state index contributed by atoms with van der Waals surface area (Å²) in [4.78, 5) is 10.4. The number of imidazole rings is 1. The lowest BCUT2D eigenvalue weighted by Crippen LogP contribution is -2.43. The smallest absolute Gasteiger partial charge is 0.121 e. The number of benzene rings is 1. The predicted molar refractivity (Wildman–Crippen MR) is 73.5 cm³/mol. The van der Waals surface area contributed by atoms with E-state index < -0.39 is 0 Å². The average Bonchev–Trinajstić information content (AvgIpc) is 2.82. The molecule has 18 heavy (non-hydrogen) atoms. The van der Waals surface area contributed by atoms with Crippen molar-refractivity contribution in [1.29, 1.82) is 0 Å². The van der Waals surface area contributed by atoms with Crippen LogP contribution in [0.1, 0.15) is 18.7 Å². The molecule has 1 atom stereocenters. The zero-order valence-corrected chi connectivity index (χ0v) is 10.8. The van der Waals surface area contributed by atoms with Gasteiger partial charge in [0.05, 0.1) is 17.6 Å². The summed E-state index contributed by atoms with van der Waals surface area (Å²) in [5.74, 6) is 1.06. The fourth-order valence-corrected chi connectivity index (χ4v) is 2.66. The number of rotatable bonds is 3. The zero-order valence-electron chi connectivity index (χ0n) is 10.8. The number of nitrogens with one attached hydrogen (secondary N) is 2. The van der Waals surface area contributed by atoms with E-state index in [-0.39, 0.29) is 0 Å². The van der Waals surface area contributed by atoms with Crippen LogP contribution in [-0.2, 0) is 6.54 Å². The Morgan fingerprint density at radius 3 is 3.06 bits per heavy atom. The summed E-state index contributed by atoms with van der Waals surface area (Å²) in [6, 6.07) is 8.83. The van der Waals surface area contributed by atoms with E-state index in [1.807, 2.05) is 12.1 Å². The normalized spacial score (nSPS) is 20.7. The van der Waals surface area contributed by atoms with Gasteiger partial charge in [-0.15, -0.1) is 0 Å². The van der Waals surface area contributed by atoms with Gasteiger partial charge in [0, 0.05) is 12.6 Å². The Morgan fingerprint density at radius 1 is 1.39 bits per heavy atom. The molecule has 1 saturated heterocycles. The van der Waals surface area contributed by atoms with E-state index in [4.69, 9.17) is 0 Å². The molecule has 2 heterocycles. The Bertz CT molecular complexity index is 480. The van der Waals surface area contributed by atoms with Crippen molar-refractivity contribution in [2.75, 3.05) is 20.1 Å². The van der Waals surface area contributed by atoms with Crippen LogP contribution < -0.4 is 5.32 Å². The number of nitrogens with zero attached hydrogens (tertiary/aromatic N) is 2. The van der Waals surface area contributed by atoms with E-state index in [2.05, 4.69) is 39.4 Å². The molecule has 0 saturated carbocycles. The summed E-state index contributed by atoms with van der Waals surface area (Å²) in [5, 5.41) is 3.46. The highest BCUT2D eigenvalue weighted by Gasteiger charge is 2.18. The number of hydrogen-bond acceptors (Lipinski definition) is 3. The van der Waals surface area contributed by atoms with Gasteiger partial charge in [-0.05, 0) is 38.6 Å². The Labute approximate surface area is 107 Å². The summed E-state index contributed by atoms with van der Waals surface area (Å²) >= 11 is 0. The van der Waals surface area contributed by atoms with E-state index in [0.29, 0.717) is 6.04 Å². The quantitative estimate of drug-likeness (QED) is 0.864. The minimum Gasteiger partial charge on any atom is -0.341 e. The van der Waals surface area contributed by atoms with E-state index in [1.54, 1.807) is 0 Å². The molecule has 3 rings (SSSR count). The maximum atomic E-state index is 4.63. The van der Waals surface area contributed by atoms with Gasteiger partial charge in [0.1, 0.15) is 5.82 Å². The molecule has 1 aliphatic heterocycles. The SMILES string of the molecule is CN(Cc1nc2ccccc2[nH]1)C1CCCNC1. The van der Waals surface area contributed by atoms with Gasteiger partial charge in [-0.1, -0.05) is 12.1 Å². The lowest BCUT2D eigenvalue weighted by Gasteiger charge is -2.31. The number of piperidine rings is 1. The minimum absolute atomic E-state index is 0.631. The summed E-state index contributed by atoms with van der Waals surface area (Å²) < 4.78 is 0. The highest BCUT2D eigenvalue weighted by Crippen LogP contribution is 2.14. The molecule has 2 N–H and O–H groups in total. The third-order valence-electron chi connectivity index (χ3n) is 3.73. The molecule has 0 amide bonds. The van der Waals surface area contributed by atoms with Crippen molar-refractivity contribution in [3.63, 3.8) is 0 Å². The molecule has 1 aromatic carbocycles. The molecule has 1 fully saturated rings. The molecule has 1 unspecified atom stereocenters. The zero-order chi connectivity index (χ0) is 12.4. The third kappa shape index (κ3) is 2.40. The maximum absolute atomic E-state index is 4.63. The van der Waals surface area contributed by atoms with Crippen molar-refractivity contribution in [1.82, 2.24) is 20.2 Å². The van der Waals surface area contributed by atoms with Crippen molar-refractivity contribution in [3.05, 3.63) is 30.1 Å². The first kappa shape index (κ1) is 11.7. The number of aromatic amines is 1.